The van der Waals surface area contributed by atoms with E-state index in [2.05, 4.69) is 20.5 Å². The molecule has 0 aromatic carbocycles. The van der Waals surface area contributed by atoms with Crippen LogP contribution in [0.3, 0.4) is 0 Å². The lowest BCUT2D eigenvalue weighted by atomic mass is 10.2. The summed E-state index contributed by atoms with van der Waals surface area (Å²) in [5.74, 6) is 0.259. The second-order valence-corrected chi connectivity index (χ2v) is 5.82. The van der Waals surface area contributed by atoms with E-state index in [1.54, 1.807) is 28.4 Å². The topological polar surface area (TPSA) is 92.7 Å². The fraction of sp³-hybridized carbons (Fsp3) is 0.200. The number of aryl methyl sites for hydroxylation is 1. The Morgan fingerprint density at radius 1 is 1.48 bits per heavy atom. The van der Waals surface area contributed by atoms with Gasteiger partial charge in [-0.2, -0.15) is 5.10 Å². The number of H-pyrrole nitrogens is 1. The van der Waals surface area contributed by atoms with Crippen LogP contribution in [0.1, 0.15) is 12.1 Å². The number of amides is 1. The molecule has 0 bridgehead atoms. The zero-order valence-electron chi connectivity index (χ0n) is 12.4. The lowest BCUT2D eigenvalue weighted by Gasteiger charge is -2.04. The average Bonchev–Trinajstić information content (AvgIpc) is 3.14. The number of rotatable bonds is 5. The quantitative estimate of drug-likeness (QED) is 0.749. The van der Waals surface area contributed by atoms with Crippen LogP contribution in [0.2, 0.25) is 0 Å². The summed E-state index contributed by atoms with van der Waals surface area (Å²) in [6.45, 7) is 2.21. The van der Waals surface area contributed by atoms with Crippen molar-refractivity contribution in [1.29, 1.82) is 0 Å². The second kappa shape index (κ2) is 6.57. The van der Waals surface area contributed by atoms with Gasteiger partial charge in [0.2, 0.25) is 5.91 Å². The molecule has 3 heterocycles. The number of carbonyl (C=O) groups excluding carboxylic acids is 1. The molecular formula is C15H15N5O2S. The minimum atomic E-state index is -0.188. The summed E-state index contributed by atoms with van der Waals surface area (Å²) in [5.41, 5.74) is 2.53. The molecule has 0 radical (unpaired) electrons. The summed E-state index contributed by atoms with van der Waals surface area (Å²) < 4.78 is 1.59. The van der Waals surface area contributed by atoms with Gasteiger partial charge in [-0.05, 0) is 19.1 Å². The van der Waals surface area contributed by atoms with Gasteiger partial charge in [0, 0.05) is 48.1 Å². The van der Waals surface area contributed by atoms with Crippen LogP contribution in [0.25, 0.3) is 11.3 Å². The Balaban J connectivity index is 1.60. The highest BCUT2D eigenvalue weighted by molar-refractivity contribution is 7.07. The van der Waals surface area contributed by atoms with E-state index in [9.17, 15) is 9.59 Å². The highest BCUT2D eigenvalue weighted by atomic mass is 32.1. The third kappa shape index (κ3) is 3.54. The van der Waals surface area contributed by atoms with Gasteiger partial charge in [0.25, 0.3) is 0 Å². The fourth-order valence-electron chi connectivity index (χ4n) is 2.15. The van der Waals surface area contributed by atoms with Gasteiger partial charge in [-0.15, -0.1) is 0 Å². The first-order chi connectivity index (χ1) is 11.1. The number of hydrogen-bond donors (Lipinski definition) is 2. The number of aromatic amines is 1. The van der Waals surface area contributed by atoms with Gasteiger partial charge in [-0.1, -0.05) is 11.3 Å². The molecule has 0 fully saturated rings. The average molecular weight is 329 g/mol. The van der Waals surface area contributed by atoms with Crippen molar-refractivity contribution in [2.75, 3.05) is 5.32 Å². The minimum Gasteiger partial charge on any atom is -0.309 e. The molecule has 23 heavy (non-hydrogen) atoms. The number of hydrogen-bond acceptors (Lipinski definition) is 5. The third-order valence-electron chi connectivity index (χ3n) is 3.36. The SMILES string of the molecule is Cc1csc(=O)n1CCC(=O)Nc1cc(-c2cccnc2)[nH]n1. The van der Waals surface area contributed by atoms with E-state index >= 15 is 0 Å². The summed E-state index contributed by atoms with van der Waals surface area (Å²) in [6.07, 6.45) is 3.62. The smallest absolute Gasteiger partial charge is 0.307 e. The van der Waals surface area contributed by atoms with Gasteiger partial charge in [0.15, 0.2) is 5.82 Å². The highest BCUT2D eigenvalue weighted by Gasteiger charge is 2.09. The molecule has 3 aromatic rings. The van der Waals surface area contributed by atoms with Crippen molar-refractivity contribution < 1.29 is 4.79 Å². The van der Waals surface area contributed by atoms with E-state index in [0.29, 0.717) is 12.4 Å². The highest BCUT2D eigenvalue weighted by Crippen LogP contribution is 2.18. The molecule has 0 aliphatic heterocycles. The van der Waals surface area contributed by atoms with Crippen molar-refractivity contribution in [2.24, 2.45) is 0 Å². The summed E-state index contributed by atoms with van der Waals surface area (Å²) in [5, 5.41) is 11.4. The Hall–Kier alpha value is -2.74. The molecule has 7 nitrogen and oxygen atoms in total. The van der Waals surface area contributed by atoms with Crippen molar-refractivity contribution in [1.82, 2.24) is 19.7 Å². The van der Waals surface area contributed by atoms with Crippen LogP contribution < -0.4 is 10.2 Å². The molecule has 118 valence electrons. The third-order valence-corrected chi connectivity index (χ3v) is 4.24. The minimum absolute atomic E-state index is 0.0473. The molecule has 3 rings (SSSR count). The zero-order chi connectivity index (χ0) is 16.2. The van der Waals surface area contributed by atoms with Gasteiger partial charge in [-0.25, -0.2) is 0 Å². The largest absolute Gasteiger partial charge is 0.309 e. The van der Waals surface area contributed by atoms with Crippen molar-refractivity contribution in [3.05, 3.63) is 51.3 Å². The van der Waals surface area contributed by atoms with Gasteiger partial charge in [0.1, 0.15) is 0 Å². The Morgan fingerprint density at radius 3 is 3.04 bits per heavy atom. The van der Waals surface area contributed by atoms with Crippen molar-refractivity contribution in [3.8, 4) is 11.3 Å². The number of aromatic nitrogens is 4. The van der Waals surface area contributed by atoms with E-state index in [0.717, 1.165) is 28.3 Å². The molecule has 0 aliphatic carbocycles. The molecule has 0 aliphatic rings. The van der Waals surface area contributed by atoms with Crippen molar-refractivity contribution in [3.63, 3.8) is 0 Å². The molecule has 2 N–H and O–H groups in total. The number of carbonyl (C=O) groups is 1. The van der Waals surface area contributed by atoms with Crippen LogP contribution in [0.5, 0.6) is 0 Å². The van der Waals surface area contributed by atoms with Gasteiger partial charge in [-0.3, -0.25) is 19.7 Å². The lowest BCUT2D eigenvalue weighted by molar-refractivity contribution is -0.116. The van der Waals surface area contributed by atoms with Crippen LogP contribution in [0, 0.1) is 6.92 Å². The molecule has 8 heteroatoms. The fourth-order valence-corrected chi connectivity index (χ4v) is 2.91. The summed E-state index contributed by atoms with van der Waals surface area (Å²) >= 11 is 1.14. The van der Waals surface area contributed by atoms with Crippen LogP contribution in [-0.4, -0.2) is 25.7 Å². The number of thiazole rings is 1. The Labute approximate surface area is 136 Å². The predicted molar refractivity (Wildman–Crippen MR) is 88.4 cm³/mol. The predicted octanol–water partition coefficient (Wildman–Crippen LogP) is 2.03. The lowest BCUT2D eigenvalue weighted by Crippen LogP contribution is -2.20. The number of nitrogens with zero attached hydrogens (tertiary/aromatic N) is 3. The Morgan fingerprint density at radius 2 is 2.35 bits per heavy atom. The maximum absolute atomic E-state index is 12.0. The van der Waals surface area contributed by atoms with Crippen molar-refractivity contribution >= 4 is 23.1 Å². The van der Waals surface area contributed by atoms with E-state index < -0.39 is 0 Å². The summed E-state index contributed by atoms with van der Waals surface area (Å²) in [6, 6.07) is 5.48. The van der Waals surface area contributed by atoms with Crippen molar-refractivity contribution in [2.45, 2.75) is 19.9 Å². The van der Waals surface area contributed by atoms with Crippen LogP contribution in [0.15, 0.2) is 40.8 Å². The van der Waals surface area contributed by atoms with Gasteiger partial charge >= 0.3 is 4.87 Å². The molecule has 0 spiro atoms. The first kappa shape index (κ1) is 15.2. The Kier molecular flexibility index (Phi) is 4.33. The van der Waals surface area contributed by atoms with E-state index in [1.807, 2.05) is 19.1 Å². The van der Waals surface area contributed by atoms with Crippen LogP contribution in [-0.2, 0) is 11.3 Å². The second-order valence-electron chi connectivity index (χ2n) is 5.00. The van der Waals surface area contributed by atoms with Gasteiger partial charge in [0.05, 0.1) is 5.69 Å². The van der Waals surface area contributed by atoms with Crippen LogP contribution >= 0.6 is 11.3 Å². The molecule has 0 saturated heterocycles. The number of pyridine rings is 1. The summed E-state index contributed by atoms with van der Waals surface area (Å²) in [4.78, 5) is 27.6. The normalized spacial score (nSPS) is 10.7. The van der Waals surface area contributed by atoms with E-state index in [1.165, 1.54) is 0 Å². The first-order valence-electron chi connectivity index (χ1n) is 7.04. The Bertz CT molecular complexity index is 865. The zero-order valence-corrected chi connectivity index (χ0v) is 13.3. The molecule has 0 saturated carbocycles. The van der Waals surface area contributed by atoms with Gasteiger partial charge < -0.3 is 9.88 Å². The summed E-state index contributed by atoms with van der Waals surface area (Å²) in [7, 11) is 0. The number of anilines is 1. The first-order valence-corrected chi connectivity index (χ1v) is 7.92. The maximum atomic E-state index is 12.0. The molecular weight excluding hydrogens is 314 g/mol. The maximum Gasteiger partial charge on any atom is 0.307 e. The molecule has 1 amide bonds. The molecule has 3 aromatic heterocycles. The standard InChI is InChI=1S/C15H15N5O2S/c1-10-9-23-15(22)20(10)6-4-14(21)17-13-7-12(18-19-13)11-3-2-5-16-8-11/h2-3,5,7-9H,4,6H2,1H3,(H2,17,18,19,21). The molecule has 0 atom stereocenters. The van der Waals surface area contributed by atoms with E-state index in [4.69, 9.17) is 0 Å². The molecule has 0 unspecified atom stereocenters. The number of nitrogens with one attached hydrogen (secondary N) is 2. The van der Waals surface area contributed by atoms with Crippen LogP contribution in [0.4, 0.5) is 5.82 Å². The monoisotopic (exact) mass is 329 g/mol. The van der Waals surface area contributed by atoms with E-state index in [-0.39, 0.29) is 17.2 Å².